The molecule has 10 heteroatoms. The fourth-order valence-corrected chi connectivity index (χ4v) is 2.77. The Morgan fingerprint density at radius 1 is 1.23 bits per heavy atom. The number of anilines is 1. The Bertz CT molecular complexity index is 932. The quantitative estimate of drug-likeness (QED) is 0.263. The van der Waals surface area contributed by atoms with E-state index in [9.17, 15) is 24.8 Å². The Labute approximate surface area is 166 Å². The SMILES string of the molecule is Cc1ccc(C(=O)NC(=S)Nc2ccc(I)cc2C(=O)O)cc1[N+](=O)[O-]. The number of amides is 1. The lowest BCUT2D eigenvalue weighted by Gasteiger charge is -2.12. The van der Waals surface area contributed by atoms with Crippen LogP contribution in [0.3, 0.4) is 0 Å². The maximum atomic E-state index is 12.2. The maximum absolute atomic E-state index is 12.2. The summed E-state index contributed by atoms with van der Waals surface area (Å²) in [7, 11) is 0. The molecule has 2 aromatic carbocycles. The average Bonchev–Trinajstić information content (AvgIpc) is 2.56. The van der Waals surface area contributed by atoms with E-state index in [0.29, 0.717) is 5.56 Å². The van der Waals surface area contributed by atoms with Crippen LogP contribution in [0.25, 0.3) is 0 Å². The van der Waals surface area contributed by atoms with Gasteiger partial charge in [0.1, 0.15) is 0 Å². The van der Waals surface area contributed by atoms with Crippen LogP contribution in [0.4, 0.5) is 11.4 Å². The number of nitro groups is 1. The molecule has 0 aliphatic heterocycles. The zero-order valence-electron chi connectivity index (χ0n) is 13.3. The van der Waals surface area contributed by atoms with Crippen LogP contribution in [0.2, 0.25) is 0 Å². The minimum absolute atomic E-state index is 0.000488. The van der Waals surface area contributed by atoms with Crippen molar-refractivity contribution in [1.82, 2.24) is 5.32 Å². The number of aryl methyl sites for hydroxylation is 1. The summed E-state index contributed by atoms with van der Waals surface area (Å²) in [6.45, 7) is 1.57. The summed E-state index contributed by atoms with van der Waals surface area (Å²) < 4.78 is 0.729. The van der Waals surface area contributed by atoms with Crippen LogP contribution in [-0.4, -0.2) is 27.0 Å². The molecule has 0 spiro atoms. The van der Waals surface area contributed by atoms with E-state index in [-0.39, 0.29) is 27.6 Å². The molecule has 0 aromatic heterocycles. The number of nitro benzene ring substituents is 1. The Kier molecular flexibility index (Phi) is 6.21. The van der Waals surface area contributed by atoms with Crippen molar-refractivity contribution in [1.29, 1.82) is 0 Å². The largest absolute Gasteiger partial charge is 0.478 e. The molecule has 0 heterocycles. The number of nitrogens with one attached hydrogen (secondary N) is 2. The van der Waals surface area contributed by atoms with Gasteiger partial charge in [0.05, 0.1) is 16.2 Å². The molecule has 0 fully saturated rings. The maximum Gasteiger partial charge on any atom is 0.337 e. The first-order chi connectivity index (χ1) is 12.2. The van der Waals surface area contributed by atoms with Crippen molar-refractivity contribution in [2.45, 2.75) is 6.92 Å². The van der Waals surface area contributed by atoms with Gasteiger partial charge in [-0.3, -0.25) is 20.2 Å². The normalized spacial score (nSPS) is 10.1. The lowest BCUT2D eigenvalue weighted by Crippen LogP contribution is -2.34. The minimum atomic E-state index is -1.14. The highest BCUT2D eigenvalue weighted by Gasteiger charge is 2.17. The van der Waals surface area contributed by atoms with Crippen molar-refractivity contribution in [3.05, 3.63) is 66.8 Å². The molecule has 0 aliphatic carbocycles. The van der Waals surface area contributed by atoms with Crippen molar-refractivity contribution in [3.8, 4) is 0 Å². The molecule has 0 unspecified atom stereocenters. The topological polar surface area (TPSA) is 122 Å². The highest BCUT2D eigenvalue weighted by molar-refractivity contribution is 14.1. The van der Waals surface area contributed by atoms with E-state index in [0.717, 1.165) is 9.64 Å². The molecule has 2 rings (SSSR count). The zero-order valence-corrected chi connectivity index (χ0v) is 16.3. The van der Waals surface area contributed by atoms with Crippen LogP contribution in [0, 0.1) is 20.6 Å². The molecule has 2 aromatic rings. The smallest absolute Gasteiger partial charge is 0.337 e. The third-order valence-corrected chi connectivity index (χ3v) is 4.23. The van der Waals surface area contributed by atoms with Gasteiger partial charge in [0.25, 0.3) is 11.6 Å². The molecule has 26 heavy (non-hydrogen) atoms. The van der Waals surface area contributed by atoms with Crippen LogP contribution in [0.5, 0.6) is 0 Å². The molecule has 3 N–H and O–H groups in total. The first-order valence-corrected chi connectivity index (χ1v) is 8.58. The molecule has 0 saturated heterocycles. The van der Waals surface area contributed by atoms with Gasteiger partial charge >= 0.3 is 5.97 Å². The van der Waals surface area contributed by atoms with Gasteiger partial charge in [-0.1, -0.05) is 6.07 Å². The molecular formula is C16H12IN3O5S. The standard InChI is InChI=1S/C16H12IN3O5S/c1-8-2-3-9(6-13(8)20(24)25)14(21)19-16(26)18-12-5-4-10(17)7-11(12)15(22)23/h2-7H,1H3,(H,22,23)(H2,18,19,21,26). The van der Waals surface area contributed by atoms with E-state index in [1.54, 1.807) is 13.0 Å². The second-order valence-electron chi connectivity index (χ2n) is 5.16. The molecule has 134 valence electrons. The van der Waals surface area contributed by atoms with E-state index in [1.807, 2.05) is 22.6 Å². The number of aromatic carboxylic acids is 1. The highest BCUT2D eigenvalue weighted by atomic mass is 127. The number of halogens is 1. The second-order valence-corrected chi connectivity index (χ2v) is 6.82. The Hall–Kier alpha value is -2.60. The summed E-state index contributed by atoms with van der Waals surface area (Å²) in [6.07, 6.45) is 0. The van der Waals surface area contributed by atoms with Crippen molar-refractivity contribution >= 4 is 63.2 Å². The van der Waals surface area contributed by atoms with Gasteiger partial charge in [-0.2, -0.15) is 0 Å². The molecule has 0 bridgehead atoms. The van der Waals surface area contributed by atoms with Gasteiger partial charge in [0.2, 0.25) is 0 Å². The molecule has 0 saturated carbocycles. The number of hydrogen-bond acceptors (Lipinski definition) is 5. The molecule has 0 aliphatic rings. The van der Waals surface area contributed by atoms with Gasteiger partial charge in [-0.25, -0.2) is 4.79 Å². The molecule has 0 radical (unpaired) electrons. The van der Waals surface area contributed by atoms with Crippen LogP contribution < -0.4 is 10.6 Å². The number of carboxylic acids is 1. The number of carbonyl (C=O) groups is 2. The Morgan fingerprint density at radius 2 is 1.92 bits per heavy atom. The fraction of sp³-hybridized carbons (Fsp3) is 0.0625. The van der Waals surface area contributed by atoms with Gasteiger partial charge in [-0.15, -0.1) is 0 Å². The highest BCUT2D eigenvalue weighted by Crippen LogP contribution is 2.20. The lowest BCUT2D eigenvalue weighted by atomic mass is 10.1. The summed E-state index contributed by atoms with van der Waals surface area (Å²) in [4.78, 5) is 33.9. The predicted molar refractivity (Wildman–Crippen MR) is 108 cm³/mol. The monoisotopic (exact) mass is 485 g/mol. The number of hydrogen-bond donors (Lipinski definition) is 3. The van der Waals surface area contributed by atoms with Gasteiger partial charge in [0.15, 0.2) is 5.11 Å². The molecule has 1 amide bonds. The Morgan fingerprint density at radius 3 is 2.54 bits per heavy atom. The number of carbonyl (C=O) groups excluding carboxylic acids is 1. The first-order valence-electron chi connectivity index (χ1n) is 7.09. The van der Waals surface area contributed by atoms with E-state index in [4.69, 9.17) is 12.2 Å². The summed E-state index contributed by atoms with van der Waals surface area (Å²) in [5, 5.41) is 25.1. The van der Waals surface area contributed by atoms with E-state index in [2.05, 4.69) is 10.6 Å². The van der Waals surface area contributed by atoms with Crippen molar-refractivity contribution < 1.29 is 19.6 Å². The van der Waals surface area contributed by atoms with E-state index >= 15 is 0 Å². The number of rotatable bonds is 4. The summed E-state index contributed by atoms with van der Waals surface area (Å²) in [6, 6.07) is 8.72. The summed E-state index contributed by atoms with van der Waals surface area (Å²) >= 11 is 7.01. The van der Waals surface area contributed by atoms with Crippen molar-refractivity contribution in [2.24, 2.45) is 0 Å². The molecule has 0 atom stereocenters. The minimum Gasteiger partial charge on any atom is -0.478 e. The Balaban J connectivity index is 2.16. The third kappa shape index (κ3) is 4.73. The van der Waals surface area contributed by atoms with Crippen LogP contribution in [-0.2, 0) is 0 Å². The lowest BCUT2D eigenvalue weighted by molar-refractivity contribution is -0.385. The van der Waals surface area contributed by atoms with Gasteiger partial charge < -0.3 is 10.4 Å². The zero-order chi connectivity index (χ0) is 19.4. The van der Waals surface area contributed by atoms with Gasteiger partial charge in [-0.05, 0) is 66.0 Å². The van der Waals surface area contributed by atoms with Crippen LogP contribution in [0.1, 0.15) is 26.3 Å². The fourth-order valence-electron chi connectivity index (χ4n) is 2.08. The number of benzene rings is 2. The summed E-state index contributed by atoms with van der Waals surface area (Å²) in [5.74, 6) is -1.79. The summed E-state index contributed by atoms with van der Waals surface area (Å²) in [5.41, 5.74) is 0.532. The predicted octanol–water partition coefficient (Wildman–Crippen LogP) is 3.33. The number of nitrogens with zero attached hydrogens (tertiary/aromatic N) is 1. The van der Waals surface area contributed by atoms with E-state index < -0.39 is 16.8 Å². The van der Waals surface area contributed by atoms with Crippen LogP contribution >= 0.6 is 34.8 Å². The van der Waals surface area contributed by atoms with Crippen molar-refractivity contribution in [3.63, 3.8) is 0 Å². The average molecular weight is 485 g/mol. The number of carboxylic acid groups (broad SMARTS) is 1. The first kappa shape index (κ1) is 19.7. The third-order valence-electron chi connectivity index (χ3n) is 3.36. The van der Waals surface area contributed by atoms with Crippen LogP contribution in [0.15, 0.2) is 36.4 Å². The molecule has 8 nitrogen and oxygen atoms in total. The number of thiocarbonyl (C=S) groups is 1. The van der Waals surface area contributed by atoms with Crippen molar-refractivity contribution in [2.75, 3.05) is 5.32 Å². The molecular weight excluding hydrogens is 473 g/mol. The van der Waals surface area contributed by atoms with Gasteiger partial charge in [0, 0.05) is 20.8 Å². The van der Waals surface area contributed by atoms with E-state index in [1.165, 1.54) is 24.3 Å². The second kappa shape index (κ2) is 8.19.